The molecule has 0 saturated carbocycles. The number of aliphatic imine (C=N–C) groups is 1. The van der Waals surface area contributed by atoms with Crippen LogP contribution in [0.25, 0.3) is 0 Å². The van der Waals surface area contributed by atoms with E-state index in [0.717, 1.165) is 12.5 Å². The molecule has 0 aliphatic heterocycles. The number of carbonyl (C=O) groups excluding carboxylic acids is 1. The molecule has 0 rings (SSSR count). The van der Waals surface area contributed by atoms with Gasteiger partial charge in [-0.15, -0.1) is 0 Å². The van der Waals surface area contributed by atoms with E-state index in [1.54, 1.807) is 6.08 Å². The summed E-state index contributed by atoms with van der Waals surface area (Å²) in [7, 11) is 0. The Morgan fingerprint density at radius 1 is 1.69 bits per heavy atom. The van der Waals surface area contributed by atoms with Gasteiger partial charge in [0.2, 0.25) is 6.08 Å². The summed E-state index contributed by atoms with van der Waals surface area (Å²) in [6.45, 7) is 2.37. The van der Waals surface area contributed by atoms with E-state index in [1.165, 1.54) is 6.08 Å². The van der Waals surface area contributed by atoms with Crippen molar-refractivity contribution >= 4 is 12.0 Å². The first kappa shape index (κ1) is 11.6. The number of allylic oxidation sites excluding steroid dienone is 1. The van der Waals surface area contributed by atoms with Gasteiger partial charge in [0.05, 0.1) is 6.54 Å². The fourth-order valence-corrected chi connectivity index (χ4v) is 0.931. The van der Waals surface area contributed by atoms with Crippen LogP contribution in [0.2, 0.25) is 0 Å². The Labute approximate surface area is 77.0 Å². The van der Waals surface area contributed by atoms with E-state index in [9.17, 15) is 9.59 Å². The van der Waals surface area contributed by atoms with Crippen LogP contribution in [0.5, 0.6) is 0 Å². The Kier molecular flexibility index (Phi) is 6.46. The fourth-order valence-electron chi connectivity index (χ4n) is 0.931. The molecule has 4 heteroatoms. The van der Waals surface area contributed by atoms with Crippen LogP contribution in [0.4, 0.5) is 0 Å². The van der Waals surface area contributed by atoms with Crippen molar-refractivity contribution in [3.05, 3.63) is 12.2 Å². The molecule has 1 N–H and O–H groups in total. The van der Waals surface area contributed by atoms with Crippen LogP contribution >= 0.6 is 0 Å². The lowest BCUT2D eigenvalue weighted by Gasteiger charge is -2.05. The molecule has 0 aromatic heterocycles. The van der Waals surface area contributed by atoms with Gasteiger partial charge in [-0.3, -0.25) is 0 Å². The van der Waals surface area contributed by atoms with Crippen molar-refractivity contribution in [2.75, 3.05) is 6.54 Å². The number of hydrogen-bond donors (Lipinski definition) is 1. The predicted molar refractivity (Wildman–Crippen MR) is 48.2 cm³/mol. The van der Waals surface area contributed by atoms with Gasteiger partial charge in [0.25, 0.3) is 0 Å². The first-order valence-electron chi connectivity index (χ1n) is 4.15. The lowest BCUT2D eigenvalue weighted by molar-refractivity contribution is -0.131. The van der Waals surface area contributed by atoms with Crippen molar-refractivity contribution in [1.29, 1.82) is 0 Å². The minimum Gasteiger partial charge on any atom is -0.478 e. The highest BCUT2D eigenvalue weighted by atomic mass is 16.4. The minimum atomic E-state index is -0.947. The number of aliphatic carboxylic acids is 1. The average molecular weight is 183 g/mol. The third-order valence-electron chi connectivity index (χ3n) is 1.71. The van der Waals surface area contributed by atoms with E-state index in [4.69, 9.17) is 5.11 Å². The van der Waals surface area contributed by atoms with Crippen molar-refractivity contribution in [3.63, 3.8) is 0 Å². The first-order valence-corrected chi connectivity index (χ1v) is 4.15. The van der Waals surface area contributed by atoms with Gasteiger partial charge in [0, 0.05) is 6.08 Å². The lowest BCUT2D eigenvalue weighted by Crippen LogP contribution is -1.98. The van der Waals surface area contributed by atoms with Gasteiger partial charge >= 0.3 is 5.97 Å². The SMILES string of the molecule is CCC(C=CC(=O)O)CCN=C=O. The summed E-state index contributed by atoms with van der Waals surface area (Å²) >= 11 is 0. The zero-order valence-electron chi connectivity index (χ0n) is 7.56. The number of carbonyl (C=O) groups is 1. The van der Waals surface area contributed by atoms with E-state index in [2.05, 4.69) is 4.99 Å². The number of carboxylic acids is 1. The second-order valence-electron chi connectivity index (χ2n) is 2.63. The maximum absolute atomic E-state index is 10.2. The summed E-state index contributed by atoms with van der Waals surface area (Å²) in [6.07, 6.45) is 5.73. The van der Waals surface area contributed by atoms with Crippen molar-refractivity contribution < 1.29 is 14.7 Å². The standard InChI is InChI=1S/C9H13NO3/c1-2-8(3-4-9(12)13)5-6-10-7-11/h3-4,8H,2,5-6H2,1H3,(H,12,13). The molecule has 4 nitrogen and oxygen atoms in total. The summed E-state index contributed by atoms with van der Waals surface area (Å²) in [5.41, 5.74) is 0. The first-order chi connectivity index (χ1) is 6.20. The molecule has 0 aromatic rings. The van der Waals surface area contributed by atoms with Gasteiger partial charge in [-0.25, -0.2) is 14.6 Å². The highest BCUT2D eigenvalue weighted by Crippen LogP contribution is 2.09. The topological polar surface area (TPSA) is 66.7 Å². The largest absolute Gasteiger partial charge is 0.478 e. The summed E-state index contributed by atoms with van der Waals surface area (Å²) in [5.74, 6) is -0.773. The monoisotopic (exact) mass is 183 g/mol. The third-order valence-corrected chi connectivity index (χ3v) is 1.71. The summed E-state index contributed by atoms with van der Waals surface area (Å²) in [5, 5.41) is 8.36. The highest BCUT2D eigenvalue weighted by Gasteiger charge is 2.01. The molecule has 1 atom stereocenters. The van der Waals surface area contributed by atoms with Crippen molar-refractivity contribution in [2.24, 2.45) is 10.9 Å². The van der Waals surface area contributed by atoms with Crippen LogP contribution in [0.1, 0.15) is 19.8 Å². The fraction of sp³-hybridized carbons (Fsp3) is 0.556. The Morgan fingerprint density at radius 2 is 2.38 bits per heavy atom. The van der Waals surface area contributed by atoms with Crippen molar-refractivity contribution in [1.82, 2.24) is 0 Å². The predicted octanol–water partition coefficient (Wildman–Crippen LogP) is 1.38. The molecule has 1 unspecified atom stereocenters. The molecule has 72 valence electrons. The highest BCUT2D eigenvalue weighted by molar-refractivity contribution is 5.79. The maximum atomic E-state index is 10.2. The Balaban J connectivity index is 3.88. The van der Waals surface area contributed by atoms with Gasteiger partial charge in [0.1, 0.15) is 0 Å². The van der Waals surface area contributed by atoms with Gasteiger partial charge in [0.15, 0.2) is 0 Å². The van der Waals surface area contributed by atoms with E-state index in [1.807, 2.05) is 6.92 Å². The van der Waals surface area contributed by atoms with Crippen LogP contribution in [0.15, 0.2) is 17.1 Å². The molecule has 0 bridgehead atoms. The average Bonchev–Trinajstić information content (AvgIpc) is 2.10. The Morgan fingerprint density at radius 3 is 2.85 bits per heavy atom. The van der Waals surface area contributed by atoms with Crippen LogP contribution in [0.3, 0.4) is 0 Å². The van der Waals surface area contributed by atoms with E-state index < -0.39 is 5.97 Å². The molecule has 0 aliphatic rings. The van der Waals surface area contributed by atoms with Crippen LogP contribution in [-0.4, -0.2) is 23.7 Å². The molecular formula is C9H13NO3. The van der Waals surface area contributed by atoms with E-state index in [0.29, 0.717) is 13.0 Å². The van der Waals surface area contributed by atoms with Gasteiger partial charge in [-0.05, 0) is 18.8 Å². The van der Waals surface area contributed by atoms with Crippen LogP contribution in [0, 0.1) is 5.92 Å². The van der Waals surface area contributed by atoms with Crippen molar-refractivity contribution in [2.45, 2.75) is 19.8 Å². The molecule has 0 fully saturated rings. The van der Waals surface area contributed by atoms with E-state index >= 15 is 0 Å². The number of rotatable bonds is 6. The molecular weight excluding hydrogens is 170 g/mol. The minimum absolute atomic E-state index is 0.174. The van der Waals surface area contributed by atoms with Crippen LogP contribution in [-0.2, 0) is 9.59 Å². The quantitative estimate of drug-likeness (QED) is 0.384. The maximum Gasteiger partial charge on any atom is 0.327 e. The summed E-state index contributed by atoms with van der Waals surface area (Å²) < 4.78 is 0. The smallest absolute Gasteiger partial charge is 0.327 e. The zero-order chi connectivity index (χ0) is 10.1. The second-order valence-corrected chi connectivity index (χ2v) is 2.63. The molecule has 0 amide bonds. The van der Waals surface area contributed by atoms with E-state index in [-0.39, 0.29) is 5.92 Å². The zero-order valence-corrected chi connectivity index (χ0v) is 7.56. The molecule has 0 radical (unpaired) electrons. The Bertz CT molecular complexity index is 229. The molecule has 0 spiro atoms. The molecule has 0 heterocycles. The van der Waals surface area contributed by atoms with Crippen LogP contribution < -0.4 is 0 Å². The van der Waals surface area contributed by atoms with Crippen molar-refractivity contribution in [3.8, 4) is 0 Å². The molecule has 0 saturated heterocycles. The summed E-state index contributed by atoms with van der Waals surface area (Å²) in [6, 6.07) is 0. The molecule has 0 aliphatic carbocycles. The number of carboxylic acid groups (broad SMARTS) is 1. The van der Waals surface area contributed by atoms with Gasteiger partial charge in [-0.2, -0.15) is 0 Å². The lowest BCUT2D eigenvalue weighted by atomic mass is 10.0. The molecule has 13 heavy (non-hydrogen) atoms. The number of nitrogens with zero attached hydrogens (tertiary/aromatic N) is 1. The van der Waals surface area contributed by atoms with Gasteiger partial charge in [-0.1, -0.05) is 13.0 Å². The number of hydrogen-bond acceptors (Lipinski definition) is 3. The second kappa shape index (κ2) is 7.25. The number of isocyanates is 1. The third kappa shape index (κ3) is 6.97. The van der Waals surface area contributed by atoms with Gasteiger partial charge < -0.3 is 5.11 Å². The molecule has 0 aromatic carbocycles. The normalized spacial score (nSPS) is 12.4. The summed E-state index contributed by atoms with van der Waals surface area (Å²) in [4.78, 5) is 23.3. The Hall–Kier alpha value is -1.41.